The molecule has 0 N–H and O–H groups in total. The van der Waals surface area contributed by atoms with E-state index in [0.29, 0.717) is 51.4 Å². The van der Waals surface area contributed by atoms with Crippen molar-refractivity contribution in [3.05, 3.63) is 53.1 Å². The Hall–Kier alpha value is -2.89. The van der Waals surface area contributed by atoms with Crippen LogP contribution in [0.25, 0.3) is 0 Å². The van der Waals surface area contributed by atoms with E-state index in [1.807, 2.05) is 47.1 Å². The molecule has 0 spiro atoms. The molecule has 2 aromatic rings. The van der Waals surface area contributed by atoms with Gasteiger partial charge in [0.1, 0.15) is 5.82 Å². The second kappa shape index (κ2) is 13.2. The summed E-state index contributed by atoms with van der Waals surface area (Å²) in [6.07, 6.45) is 4.39. The van der Waals surface area contributed by atoms with Gasteiger partial charge in [-0.1, -0.05) is 18.2 Å². The number of fused-ring (bicyclic) bond motifs is 1. The average molecular weight is 571 g/mol. The Labute approximate surface area is 238 Å². The van der Waals surface area contributed by atoms with Crippen LogP contribution in [0.3, 0.4) is 0 Å². The fourth-order valence-corrected chi connectivity index (χ4v) is 6.50. The lowest BCUT2D eigenvalue weighted by molar-refractivity contribution is -0.132. The van der Waals surface area contributed by atoms with Gasteiger partial charge in [-0.3, -0.25) is 9.59 Å². The van der Waals surface area contributed by atoms with Crippen molar-refractivity contribution in [1.29, 1.82) is 0 Å². The molecule has 10 nitrogen and oxygen atoms in total. The van der Waals surface area contributed by atoms with Crippen LogP contribution in [-0.2, 0) is 32.6 Å². The fourth-order valence-electron chi connectivity index (χ4n) is 5.62. The summed E-state index contributed by atoms with van der Waals surface area (Å²) in [5, 5.41) is 0. The number of likely N-dealkylation sites (N-methyl/N-ethyl adjacent to an activating group) is 1. The van der Waals surface area contributed by atoms with Gasteiger partial charge in [0.25, 0.3) is 0 Å². The number of carbonyl (C=O) groups excluding carboxylic acids is 2. The molecule has 0 bridgehead atoms. The third-order valence-electron chi connectivity index (χ3n) is 7.90. The number of para-hydroxylation sites is 1. The molecule has 218 valence electrons. The summed E-state index contributed by atoms with van der Waals surface area (Å²) in [5.41, 5.74) is 3.60. The van der Waals surface area contributed by atoms with Gasteiger partial charge in [0.2, 0.25) is 21.8 Å². The summed E-state index contributed by atoms with van der Waals surface area (Å²) >= 11 is 0. The van der Waals surface area contributed by atoms with Crippen LogP contribution in [0.15, 0.2) is 30.3 Å². The Bertz CT molecular complexity index is 1310. The highest BCUT2D eigenvalue weighted by Crippen LogP contribution is 2.28. The second-order valence-corrected chi connectivity index (χ2v) is 13.0. The van der Waals surface area contributed by atoms with Crippen LogP contribution in [-0.4, -0.2) is 96.9 Å². The van der Waals surface area contributed by atoms with Gasteiger partial charge in [0.15, 0.2) is 0 Å². The lowest BCUT2D eigenvalue weighted by Gasteiger charge is -2.30. The molecular formula is C29H42N6O4S. The molecule has 40 heavy (non-hydrogen) atoms. The average Bonchev–Trinajstić information content (AvgIpc) is 2.94. The topological polar surface area (TPSA) is 107 Å². The van der Waals surface area contributed by atoms with E-state index < -0.39 is 10.0 Å². The standard InChI is InChI=1S/C29H42N6O4S/c1-22-30-26(20-27(31-22)24-12-16-34(17-13-24)40(4,38)39)10-11-29(37)33-19-18-32(3)14-7-15-35(23(2)36)28-9-6-5-8-25(28)21-33/h5-6,8-9,20,24H,7,10-19,21H2,1-4H3. The smallest absolute Gasteiger partial charge is 0.223 e. The first kappa shape index (κ1) is 30.1. The Morgan fingerprint density at radius 3 is 2.42 bits per heavy atom. The molecule has 2 aliphatic rings. The minimum absolute atomic E-state index is 0.00385. The van der Waals surface area contributed by atoms with E-state index in [1.165, 1.54) is 10.6 Å². The number of aromatic nitrogens is 2. The zero-order valence-corrected chi connectivity index (χ0v) is 25.0. The zero-order chi connectivity index (χ0) is 28.9. The summed E-state index contributed by atoms with van der Waals surface area (Å²) in [6, 6.07) is 9.85. The first-order valence-electron chi connectivity index (χ1n) is 14.1. The van der Waals surface area contributed by atoms with Crippen molar-refractivity contribution in [2.75, 3.05) is 57.5 Å². The number of piperidine rings is 1. The van der Waals surface area contributed by atoms with Crippen molar-refractivity contribution in [2.24, 2.45) is 0 Å². The number of nitrogens with zero attached hydrogens (tertiary/aromatic N) is 6. The summed E-state index contributed by atoms with van der Waals surface area (Å²) in [5.74, 6) is 0.900. The van der Waals surface area contributed by atoms with E-state index >= 15 is 0 Å². The minimum Gasteiger partial charge on any atom is -0.337 e. The van der Waals surface area contributed by atoms with Gasteiger partial charge >= 0.3 is 0 Å². The van der Waals surface area contributed by atoms with Gasteiger partial charge in [0.05, 0.1) is 6.26 Å². The molecule has 2 amide bonds. The van der Waals surface area contributed by atoms with Crippen molar-refractivity contribution in [3.8, 4) is 0 Å². The number of carbonyl (C=O) groups is 2. The first-order chi connectivity index (χ1) is 19.0. The normalized spacial score (nSPS) is 18.7. The maximum Gasteiger partial charge on any atom is 0.223 e. The Morgan fingerprint density at radius 1 is 1.00 bits per heavy atom. The van der Waals surface area contributed by atoms with E-state index in [4.69, 9.17) is 0 Å². The van der Waals surface area contributed by atoms with Crippen LogP contribution in [0.4, 0.5) is 5.69 Å². The fraction of sp³-hybridized carbons (Fsp3) is 0.586. The number of sulfonamides is 1. The Balaban J connectivity index is 1.47. The monoisotopic (exact) mass is 570 g/mol. The lowest BCUT2D eigenvalue weighted by Crippen LogP contribution is -2.37. The van der Waals surface area contributed by atoms with Crippen LogP contribution in [0.2, 0.25) is 0 Å². The van der Waals surface area contributed by atoms with Gasteiger partial charge < -0.3 is 14.7 Å². The highest BCUT2D eigenvalue weighted by atomic mass is 32.2. The Kier molecular flexibility index (Phi) is 9.91. The van der Waals surface area contributed by atoms with Gasteiger partial charge in [-0.25, -0.2) is 22.7 Å². The van der Waals surface area contributed by atoms with E-state index in [0.717, 1.165) is 55.0 Å². The van der Waals surface area contributed by atoms with Crippen LogP contribution in [0.1, 0.15) is 61.3 Å². The molecule has 3 heterocycles. The summed E-state index contributed by atoms with van der Waals surface area (Å²) < 4.78 is 25.3. The molecule has 0 atom stereocenters. The van der Waals surface area contributed by atoms with Crippen LogP contribution < -0.4 is 4.90 Å². The molecule has 0 saturated carbocycles. The molecule has 0 aliphatic carbocycles. The molecule has 1 aromatic heterocycles. The Morgan fingerprint density at radius 2 is 1.73 bits per heavy atom. The number of hydrogen-bond acceptors (Lipinski definition) is 7. The number of amides is 2. The van der Waals surface area contributed by atoms with Crippen LogP contribution >= 0.6 is 0 Å². The lowest BCUT2D eigenvalue weighted by atomic mass is 9.93. The highest BCUT2D eigenvalue weighted by Gasteiger charge is 2.27. The maximum atomic E-state index is 13.6. The number of hydrogen-bond donors (Lipinski definition) is 0. The van der Waals surface area contributed by atoms with Crippen molar-refractivity contribution in [1.82, 2.24) is 24.1 Å². The molecule has 1 aromatic carbocycles. The maximum absolute atomic E-state index is 13.6. The van der Waals surface area contributed by atoms with Crippen LogP contribution in [0, 0.1) is 6.92 Å². The molecular weight excluding hydrogens is 528 g/mol. The largest absolute Gasteiger partial charge is 0.337 e. The van der Waals surface area contributed by atoms with Gasteiger partial charge in [-0.15, -0.1) is 0 Å². The van der Waals surface area contributed by atoms with Gasteiger partial charge in [-0.05, 0) is 63.9 Å². The predicted molar refractivity (Wildman–Crippen MR) is 155 cm³/mol. The first-order valence-corrected chi connectivity index (χ1v) is 16.0. The molecule has 1 fully saturated rings. The van der Waals surface area contributed by atoms with Gasteiger partial charge in [-0.2, -0.15) is 0 Å². The zero-order valence-electron chi connectivity index (χ0n) is 24.2. The SMILES string of the molecule is CC(=O)N1CCCN(C)CCN(C(=O)CCc2cc(C3CCN(S(C)(=O)=O)CC3)nc(C)n2)Cc2ccccc21. The predicted octanol–water partition coefficient (Wildman–Crippen LogP) is 2.57. The van der Waals surface area contributed by atoms with Crippen molar-refractivity contribution >= 4 is 27.5 Å². The van der Waals surface area contributed by atoms with E-state index in [2.05, 4.69) is 21.9 Å². The number of rotatable bonds is 5. The van der Waals surface area contributed by atoms with E-state index in [9.17, 15) is 18.0 Å². The summed E-state index contributed by atoms with van der Waals surface area (Å²) in [7, 11) is -1.13. The molecule has 1 saturated heterocycles. The van der Waals surface area contributed by atoms with Crippen molar-refractivity contribution in [3.63, 3.8) is 0 Å². The minimum atomic E-state index is -3.18. The number of benzene rings is 1. The molecule has 0 radical (unpaired) electrons. The number of aryl methyl sites for hydroxylation is 2. The second-order valence-electron chi connectivity index (χ2n) is 11.0. The summed E-state index contributed by atoms with van der Waals surface area (Å²) in [4.78, 5) is 41.3. The molecule has 4 rings (SSSR count). The van der Waals surface area contributed by atoms with Crippen LogP contribution in [0.5, 0.6) is 0 Å². The van der Waals surface area contributed by atoms with E-state index in [-0.39, 0.29) is 17.7 Å². The summed E-state index contributed by atoms with van der Waals surface area (Å²) in [6.45, 7) is 7.75. The quantitative estimate of drug-likeness (QED) is 0.544. The molecule has 11 heteroatoms. The van der Waals surface area contributed by atoms with E-state index in [1.54, 1.807) is 6.92 Å². The third-order valence-corrected chi connectivity index (χ3v) is 9.20. The van der Waals surface area contributed by atoms with Crippen molar-refractivity contribution in [2.45, 2.75) is 58.4 Å². The number of anilines is 1. The molecule has 0 unspecified atom stereocenters. The van der Waals surface area contributed by atoms with Gasteiger partial charge in [0, 0.05) is 75.6 Å². The molecule has 2 aliphatic heterocycles. The third kappa shape index (κ3) is 7.86. The van der Waals surface area contributed by atoms with Crippen molar-refractivity contribution < 1.29 is 18.0 Å². The highest BCUT2D eigenvalue weighted by molar-refractivity contribution is 7.88.